The van der Waals surface area contributed by atoms with Crippen molar-refractivity contribution < 1.29 is 13.6 Å². The Morgan fingerprint density at radius 2 is 1.79 bits per heavy atom. The molecular weight excluding hydrogens is 422 g/mol. The van der Waals surface area contributed by atoms with Gasteiger partial charge in [0.25, 0.3) is 0 Å². The van der Waals surface area contributed by atoms with Crippen LogP contribution in [0, 0.1) is 12.7 Å². The van der Waals surface area contributed by atoms with Crippen LogP contribution in [0.2, 0.25) is 0 Å². The van der Waals surface area contributed by atoms with Crippen LogP contribution >= 0.6 is 0 Å². The standard InChI is InChI=1S/C26H26F2N4O/c1-16-12-22(27)24(31-25(33)29-11-10-26(2,3)28)14-20(16)18-7-4-6-17(13-18)19-8-5-9-23-21(19)15-30-32-23/h4-9,12-15H,10-11H2,1-3H3,(H,30,32)(H2,29,31,33). The zero-order valence-electron chi connectivity index (χ0n) is 18.8. The summed E-state index contributed by atoms with van der Waals surface area (Å²) in [5.41, 5.74) is 4.11. The maximum Gasteiger partial charge on any atom is 0.319 e. The van der Waals surface area contributed by atoms with E-state index in [1.807, 2.05) is 49.4 Å². The van der Waals surface area contributed by atoms with Crippen LogP contribution in [0.15, 0.2) is 60.8 Å². The molecule has 0 aliphatic carbocycles. The second-order valence-corrected chi connectivity index (χ2v) is 8.71. The number of hydrogen-bond acceptors (Lipinski definition) is 2. The van der Waals surface area contributed by atoms with E-state index >= 15 is 0 Å². The van der Waals surface area contributed by atoms with Gasteiger partial charge in [0.15, 0.2) is 0 Å². The Morgan fingerprint density at radius 3 is 2.55 bits per heavy atom. The van der Waals surface area contributed by atoms with E-state index < -0.39 is 17.5 Å². The Balaban J connectivity index is 1.61. The van der Waals surface area contributed by atoms with E-state index in [1.54, 1.807) is 12.3 Å². The third-order valence-electron chi connectivity index (χ3n) is 5.54. The molecule has 0 spiro atoms. The number of fused-ring (bicyclic) bond motifs is 1. The maximum absolute atomic E-state index is 14.6. The molecule has 3 aromatic carbocycles. The molecule has 1 aromatic heterocycles. The number of nitrogens with one attached hydrogen (secondary N) is 3. The van der Waals surface area contributed by atoms with Gasteiger partial charge in [0, 0.05) is 11.9 Å². The second kappa shape index (κ2) is 9.02. The normalized spacial score (nSPS) is 11.5. The Hall–Kier alpha value is -3.74. The van der Waals surface area contributed by atoms with Crippen LogP contribution in [0.25, 0.3) is 33.2 Å². The van der Waals surface area contributed by atoms with E-state index in [-0.39, 0.29) is 18.7 Å². The molecule has 170 valence electrons. The van der Waals surface area contributed by atoms with Crippen molar-refractivity contribution in [3.63, 3.8) is 0 Å². The SMILES string of the molecule is Cc1cc(F)c(NC(=O)NCCC(C)(C)F)cc1-c1cccc(-c2cccc3[nH]ncc23)c1. The number of anilines is 1. The number of carbonyl (C=O) groups is 1. The zero-order valence-corrected chi connectivity index (χ0v) is 18.8. The summed E-state index contributed by atoms with van der Waals surface area (Å²) in [6, 6.07) is 16.4. The van der Waals surface area contributed by atoms with Crippen molar-refractivity contribution in [1.82, 2.24) is 15.5 Å². The van der Waals surface area contributed by atoms with Gasteiger partial charge >= 0.3 is 6.03 Å². The minimum Gasteiger partial charge on any atom is -0.338 e. The molecule has 5 nitrogen and oxygen atoms in total. The number of rotatable bonds is 6. The lowest BCUT2D eigenvalue weighted by Crippen LogP contribution is -2.32. The summed E-state index contributed by atoms with van der Waals surface area (Å²) in [4.78, 5) is 12.2. The molecule has 0 bridgehead atoms. The third kappa shape index (κ3) is 5.19. The molecule has 0 aliphatic heterocycles. The van der Waals surface area contributed by atoms with Crippen molar-refractivity contribution in [3.8, 4) is 22.3 Å². The number of halogens is 2. The molecule has 0 saturated carbocycles. The quantitative estimate of drug-likeness (QED) is 0.311. The van der Waals surface area contributed by atoms with E-state index in [9.17, 15) is 13.6 Å². The third-order valence-corrected chi connectivity index (χ3v) is 5.54. The van der Waals surface area contributed by atoms with Gasteiger partial charge in [-0.25, -0.2) is 13.6 Å². The summed E-state index contributed by atoms with van der Waals surface area (Å²) in [5, 5.41) is 13.2. The van der Waals surface area contributed by atoms with Gasteiger partial charge in [0.05, 0.1) is 17.4 Å². The van der Waals surface area contributed by atoms with Gasteiger partial charge in [-0.3, -0.25) is 5.10 Å². The minimum atomic E-state index is -1.39. The molecule has 0 aliphatic rings. The minimum absolute atomic E-state index is 0.0648. The molecule has 33 heavy (non-hydrogen) atoms. The number of benzene rings is 3. The molecule has 3 N–H and O–H groups in total. The first kappa shape index (κ1) is 22.5. The number of H-pyrrole nitrogens is 1. The lowest BCUT2D eigenvalue weighted by atomic mass is 9.95. The number of aromatic nitrogens is 2. The fourth-order valence-electron chi connectivity index (χ4n) is 3.79. The van der Waals surface area contributed by atoms with Crippen LogP contribution in [-0.2, 0) is 0 Å². The van der Waals surface area contributed by atoms with Crippen LogP contribution in [0.5, 0.6) is 0 Å². The number of alkyl halides is 1. The number of aromatic amines is 1. The van der Waals surface area contributed by atoms with E-state index in [0.29, 0.717) is 0 Å². The van der Waals surface area contributed by atoms with Crippen molar-refractivity contribution in [2.75, 3.05) is 11.9 Å². The van der Waals surface area contributed by atoms with Crippen LogP contribution in [-0.4, -0.2) is 28.4 Å². The molecular formula is C26H26F2N4O. The summed E-state index contributed by atoms with van der Waals surface area (Å²) in [5.74, 6) is -0.531. The molecule has 1 heterocycles. The van der Waals surface area contributed by atoms with Crippen LogP contribution in [0.3, 0.4) is 0 Å². The Labute approximate surface area is 191 Å². The van der Waals surface area contributed by atoms with Crippen molar-refractivity contribution in [2.45, 2.75) is 32.9 Å². The second-order valence-electron chi connectivity index (χ2n) is 8.71. The van der Waals surface area contributed by atoms with Crippen LogP contribution < -0.4 is 10.6 Å². The van der Waals surface area contributed by atoms with E-state index in [0.717, 1.165) is 38.7 Å². The molecule has 0 saturated heterocycles. The monoisotopic (exact) mass is 448 g/mol. The average Bonchev–Trinajstić information content (AvgIpc) is 3.24. The van der Waals surface area contributed by atoms with Crippen molar-refractivity contribution in [2.24, 2.45) is 0 Å². The Kier molecular flexibility index (Phi) is 6.14. The van der Waals surface area contributed by atoms with Gasteiger partial charge in [-0.05, 0) is 79.3 Å². The number of aryl methyl sites for hydroxylation is 1. The predicted molar refractivity (Wildman–Crippen MR) is 128 cm³/mol. The highest BCUT2D eigenvalue weighted by Crippen LogP contribution is 2.33. The summed E-state index contributed by atoms with van der Waals surface area (Å²) >= 11 is 0. The largest absolute Gasteiger partial charge is 0.338 e. The topological polar surface area (TPSA) is 69.8 Å². The van der Waals surface area contributed by atoms with E-state index in [2.05, 4.69) is 20.8 Å². The molecule has 4 rings (SSSR count). The molecule has 0 unspecified atom stereocenters. The number of hydrogen-bond donors (Lipinski definition) is 3. The highest BCUT2D eigenvalue weighted by Gasteiger charge is 2.16. The van der Waals surface area contributed by atoms with Crippen LogP contribution in [0.1, 0.15) is 25.8 Å². The van der Waals surface area contributed by atoms with Gasteiger partial charge < -0.3 is 10.6 Å². The summed E-state index contributed by atoms with van der Waals surface area (Å²) < 4.78 is 28.2. The average molecular weight is 449 g/mol. The van der Waals surface area contributed by atoms with E-state index in [1.165, 1.54) is 19.9 Å². The molecule has 4 aromatic rings. The number of nitrogens with zero attached hydrogens (tertiary/aromatic N) is 1. The van der Waals surface area contributed by atoms with Gasteiger partial charge in [0.1, 0.15) is 11.5 Å². The Bertz CT molecular complexity index is 1310. The first-order valence-electron chi connectivity index (χ1n) is 10.8. The smallest absolute Gasteiger partial charge is 0.319 e. The first-order valence-corrected chi connectivity index (χ1v) is 10.8. The molecule has 2 amide bonds. The van der Waals surface area contributed by atoms with Crippen LogP contribution in [0.4, 0.5) is 19.3 Å². The van der Waals surface area contributed by atoms with Crippen molar-refractivity contribution >= 4 is 22.6 Å². The summed E-state index contributed by atoms with van der Waals surface area (Å²) in [6.07, 6.45) is 1.96. The number of amides is 2. The molecule has 0 fully saturated rings. The van der Waals surface area contributed by atoms with E-state index in [4.69, 9.17) is 0 Å². The van der Waals surface area contributed by atoms with Crippen molar-refractivity contribution in [1.29, 1.82) is 0 Å². The predicted octanol–water partition coefficient (Wildman–Crippen LogP) is 6.60. The first-order chi connectivity index (χ1) is 15.7. The van der Waals surface area contributed by atoms with Gasteiger partial charge in [-0.1, -0.05) is 30.3 Å². The van der Waals surface area contributed by atoms with Gasteiger partial charge in [-0.2, -0.15) is 5.10 Å². The lowest BCUT2D eigenvalue weighted by molar-refractivity contribution is 0.200. The van der Waals surface area contributed by atoms with Gasteiger partial charge in [-0.15, -0.1) is 0 Å². The molecule has 0 atom stereocenters. The summed E-state index contributed by atoms with van der Waals surface area (Å²) in [7, 11) is 0. The summed E-state index contributed by atoms with van der Waals surface area (Å²) in [6.45, 7) is 4.87. The maximum atomic E-state index is 14.6. The highest BCUT2D eigenvalue weighted by atomic mass is 19.1. The fourth-order valence-corrected chi connectivity index (χ4v) is 3.79. The molecule has 7 heteroatoms. The fraction of sp³-hybridized carbons (Fsp3) is 0.231. The lowest BCUT2D eigenvalue weighted by Gasteiger charge is -2.16. The highest BCUT2D eigenvalue weighted by molar-refractivity contribution is 5.95. The molecule has 0 radical (unpaired) electrons. The number of carbonyl (C=O) groups excluding carboxylic acids is 1. The Morgan fingerprint density at radius 1 is 1.06 bits per heavy atom. The number of urea groups is 1. The zero-order chi connectivity index (χ0) is 23.6. The van der Waals surface area contributed by atoms with Crippen molar-refractivity contribution in [3.05, 3.63) is 72.2 Å². The van der Waals surface area contributed by atoms with Gasteiger partial charge in [0.2, 0.25) is 0 Å².